The molecule has 0 saturated carbocycles. The highest BCUT2D eigenvalue weighted by atomic mass is 79.9. The van der Waals surface area contributed by atoms with Crippen molar-refractivity contribution >= 4 is 21.6 Å². The van der Waals surface area contributed by atoms with Crippen LogP contribution in [0.4, 0.5) is 18.9 Å². The van der Waals surface area contributed by atoms with Crippen molar-refractivity contribution in [2.75, 3.05) is 11.9 Å². The summed E-state index contributed by atoms with van der Waals surface area (Å²) in [5, 5.41) is 3.18. The number of nitrogens with zero attached hydrogens (tertiary/aromatic N) is 1. The molecule has 1 aromatic carbocycles. The number of alkyl halides is 3. The first-order valence-electron chi connectivity index (χ1n) is 5.97. The average Bonchev–Trinajstić information content (AvgIpc) is 2.41. The summed E-state index contributed by atoms with van der Waals surface area (Å²) in [6.45, 7) is 0.611. The fourth-order valence-corrected chi connectivity index (χ4v) is 1.91. The van der Waals surface area contributed by atoms with Crippen LogP contribution in [0.2, 0.25) is 0 Å². The predicted octanol–water partition coefficient (Wildman–Crippen LogP) is 4.52. The highest BCUT2D eigenvalue weighted by molar-refractivity contribution is 9.10. The quantitative estimate of drug-likeness (QED) is 0.882. The molecule has 1 N–H and O–H groups in total. The molecule has 2 aromatic rings. The maximum absolute atomic E-state index is 12.4. The van der Waals surface area contributed by atoms with E-state index in [0.29, 0.717) is 18.7 Å². The van der Waals surface area contributed by atoms with Gasteiger partial charge in [-0.1, -0.05) is 15.9 Å². The van der Waals surface area contributed by atoms with E-state index in [0.717, 1.165) is 22.4 Å². The van der Waals surface area contributed by atoms with E-state index >= 15 is 0 Å². The van der Waals surface area contributed by atoms with Gasteiger partial charge in [0.15, 0.2) is 0 Å². The number of benzene rings is 1. The zero-order valence-electron chi connectivity index (χ0n) is 10.4. The molecule has 6 heteroatoms. The summed E-state index contributed by atoms with van der Waals surface area (Å²) in [6, 6.07) is 10.1. The number of hydrogen-bond donors (Lipinski definition) is 1. The van der Waals surface area contributed by atoms with Gasteiger partial charge in [-0.05, 0) is 36.4 Å². The summed E-state index contributed by atoms with van der Waals surface area (Å²) in [4.78, 5) is 3.82. The molecule has 0 amide bonds. The largest absolute Gasteiger partial charge is 0.417 e. The molecule has 0 aliphatic carbocycles. The Morgan fingerprint density at radius 2 is 1.75 bits per heavy atom. The maximum atomic E-state index is 12.4. The molecule has 0 aliphatic rings. The van der Waals surface area contributed by atoms with Crippen molar-refractivity contribution in [1.82, 2.24) is 4.98 Å². The van der Waals surface area contributed by atoms with E-state index in [1.807, 2.05) is 24.3 Å². The van der Waals surface area contributed by atoms with Gasteiger partial charge in [-0.15, -0.1) is 0 Å². The highest BCUT2D eigenvalue weighted by Crippen LogP contribution is 2.28. The van der Waals surface area contributed by atoms with E-state index in [2.05, 4.69) is 26.2 Å². The minimum atomic E-state index is -4.33. The first-order valence-corrected chi connectivity index (χ1v) is 6.76. The monoisotopic (exact) mass is 344 g/mol. The number of halogens is 4. The first-order chi connectivity index (χ1) is 9.45. The fraction of sp³-hybridized carbons (Fsp3) is 0.214. The van der Waals surface area contributed by atoms with Gasteiger partial charge in [-0.3, -0.25) is 4.98 Å². The number of pyridine rings is 1. The van der Waals surface area contributed by atoms with Gasteiger partial charge in [0.1, 0.15) is 0 Å². The van der Waals surface area contributed by atoms with Gasteiger partial charge in [0.2, 0.25) is 0 Å². The molecule has 0 spiro atoms. The first kappa shape index (κ1) is 14.8. The third kappa shape index (κ3) is 4.23. The average molecular weight is 345 g/mol. The molecule has 2 nitrogen and oxygen atoms in total. The van der Waals surface area contributed by atoms with Gasteiger partial charge in [0, 0.05) is 35.0 Å². The maximum Gasteiger partial charge on any atom is 0.417 e. The van der Waals surface area contributed by atoms with E-state index in [1.54, 1.807) is 0 Å². The Morgan fingerprint density at radius 3 is 2.30 bits per heavy atom. The van der Waals surface area contributed by atoms with Crippen molar-refractivity contribution in [3.8, 4) is 0 Å². The standard InChI is InChI=1S/C14H12BrF3N2/c15-11-2-5-12(6-3-11)19-8-7-13-4-1-10(9-20-13)14(16,17)18/h1-6,9,19H,7-8H2. The van der Waals surface area contributed by atoms with Crippen LogP contribution in [0.15, 0.2) is 47.1 Å². The number of rotatable bonds is 4. The molecule has 0 radical (unpaired) electrons. The van der Waals surface area contributed by atoms with Crippen LogP contribution in [-0.2, 0) is 12.6 Å². The minimum Gasteiger partial charge on any atom is -0.385 e. The topological polar surface area (TPSA) is 24.9 Å². The molecule has 0 fully saturated rings. The van der Waals surface area contributed by atoms with E-state index < -0.39 is 11.7 Å². The summed E-state index contributed by atoms with van der Waals surface area (Å²) < 4.78 is 38.1. The molecule has 0 atom stereocenters. The second-order valence-corrected chi connectivity index (χ2v) is 5.14. The minimum absolute atomic E-state index is 0.564. The number of nitrogens with one attached hydrogen (secondary N) is 1. The van der Waals surface area contributed by atoms with Crippen LogP contribution in [0.25, 0.3) is 0 Å². The van der Waals surface area contributed by atoms with Gasteiger partial charge in [0.25, 0.3) is 0 Å². The van der Waals surface area contributed by atoms with Crippen molar-refractivity contribution in [1.29, 1.82) is 0 Å². The SMILES string of the molecule is FC(F)(F)c1ccc(CCNc2ccc(Br)cc2)nc1. The molecular weight excluding hydrogens is 333 g/mol. The second-order valence-electron chi connectivity index (χ2n) is 4.22. The molecule has 0 aliphatic heterocycles. The van der Waals surface area contributed by atoms with Crippen molar-refractivity contribution in [3.05, 3.63) is 58.3 Å². The Hall–Kier alpha value is -1.56. The van der Waals surface area contributed by atoms with Gasteiger partial charge in [0.05, 0.1) is 5.56 Å². The third-order valence-electron chi connectivity index (χ3n) is 2.71. The summed E-state index contributed by atoms with van der Waals surface area (Å²) >= 11 is 3.34. The Morgan fingerprint density at radius 1 is 1.05 bits per heavy atom. The van der Waals surface area contributed by atoms with Crippen LogP contribution >= 0.6 is 15.9 Å². The summed E-state index contributed by atoms with van der Waals surface area (Å²) in [7, 11) is 0. The van der Waals surface area contributed by atoms with Crippen LogP contribution in [0.3, 0.4) is 0 Å². The molecule has 106 valence electrons. The van der Waals surface area contributed by atoms with E-state index in [-0.39, 0.29) is 0 Å². The summed E-state index contributed by atoms with van der Waals surface area (Å²) in [5.74, 6) is 0. The smallest absolute Gasteiger partial charge is 0.385 e. The number of hydrogen-bond acceptors (Lipinski definition) is 2. The Bertz CT molecular complexity index is 550. The zero-order chi connectivity index (χ0) is 14.6. The lowest BCUT2D eigenvalue weighted by molar-refractivity contribution is -0.137. The summed E-state index contributed by atoms with van der Waals surface area (Å²) in [6.07, 6.45) is -2.90. The van der Waals surface area contributed by atoms with E-state index in [4.69, 9.17) is 0 Å². The molecule has 0 unspecified atom stereocenters. The fourth-order valence-electron chi connectivity index (χ4n) is 1.64. The normalized spacial score (nSPS) is 11.4. The van der Waals surface area contributed by atoms with Crippen LogP contribution in [0, 0.1) is 0 Å². The lowest BCUT2D eigenvalue weighted by atomic mass is 10.2. The van der Waals surface area contributed by atoms with Crippen molar-refractivity contribution in [2.45, 2.75) is 12.6 Å². The van der Waals surface area contributed by atoms with Crippen molar-refractivity contribution in [2.24, 2.45) is 0 Å². The van der Waals surface area contributed by atoms with E-state index in [1.165, 1.54) is 6.07 Å². The van der Waals surface area contributed by atoms with Gasteiger partial charge >= 0.3 is 6.18 Å². The Balaban J connectivity index is 1.87. The highest BCUT2D eigenvalue weighted by Gasteiger charge is 2.30. The van der Waals surface area contributed by atoms with Crippen LogP contribution in [0.5, 0.6) is 0 Å². The lowest BCUT2D eigenvalue weighted by Crippen LogP contribution is -2.08. The molecule has 2 rings (SSSR count). The van der Waals surface area contributed by atoms with Gasteiger partial charge < -0.3 is 5.32 Å². The lowest BCUT2D eigenvalue weighted by Gasteiger charge is -2.08. The van der Waals surface area contributed by atoms with E-state index in [9.17, 15) is 13.2 Å². The predicted molar refractivity (Wildman–Crippen MR) is 75.6 cm³/mol. The number of anilines is 1. The summed E-state index contributed by atoms with van der Waals surface area (Å²) in [5.41, 5.74) is 0.866. The molecular formula is C14H12BrF3N2. The van der Waals surface area contributed by atoms with Crippen molar-refractivity contribution in [3.63, 3.8) is 0 Å². The molecule has 0 saturated heterocycles. The second kappa shape index (κ2) is 6.26. The molecule has 20 heavy (non-hydrogen) atoms. The van der Waals surface area contributed by atoms with Crippen molar-refractivity contribution < 1.29 is 13.2 Å². The number of aromatic nitrogens is 1. The zero-order valence-corrected chi connectivity index (χ0v) is 12.0. The molecule has 1 heterocycles. The van der Waals surface area contributed by atoms with Gasteiger partial charge in [-0.2, -0.15) is 13.2 Å². The Kier molecular flexibility index (Phi) is 4.65. The molecule has 1 aromatic heterocycles. The van der Waals surface area contributed by atoms with Crippen LogP contribution in [-0.4, -0.2) is 11.5 Å². The Labute approximate surface area is 123 Å². The van der Waals surface area contributed by atoms with Crippen LogP contribution in [0.1, 0.15) is 11.3 Å². The third-order valence-corrected chi connectivity index (χ3v) is 3.24. The molecule has 0 bridgehead atoms. The van der Waals surface area contributed by atoms with Crippen LogP contribution < -0.4 is 5.32 Å². The van der Waals surface area contributed by atoms with Gasteiger partial charge in [-0.25, -0.2) is 0 Å².